The normalized spacial score (nSPS) is 13.7. The quantitative estimate of drug-likeness (QED) is 0.300. The van der Waals surface area contributed by atoms with Crippen molar-refractivity contribution in [1.29, 1.82) is 0 Å². The van der Waals surface area contributed by atoms with Crippen LogP contribution < -0.4 is 15.4 Å². The van der Waals surface area contributed by atoms with E-state index in [1.165, 1.54) is 36.4 Å². The molecule has 1 saturated carbocycles. The van der Waals surface area contributed by atoms with Crippen LogP contribution in [-0.4, -0.2) is 28.1 Å². The fourth-order valence-electron chi connectivity index (χ4n) is 3.02. The third-order valence-electron chi connectivity index (χ3n) is 5.03. The van der Waals surface area contributed by atoms with E-state index in [0.717, 1.165) is 12.4 Å². The Hall–Kier alpha value is -3.92. The van der Waals surface area contributed by atoms with Crippen LogP contribution in [0.3, 0.4) is 0 Å². The second kappa shape index (κ2) is 8.91. The van der Waals surface area contributed by atoms with Gasteiger partial charge in [0, 0.05) is 17.4 Å². The molecule has 2 N–H and O–H groups in total. The SMILES string of the molecule is O=Cc1c(Cl)ncnc1Oc1ccc(NC(=O)C2(C(=O)Nc3ccc(F)cc3)CC2)cc1F. The molecular weight excluding hydrogens is 458 g/mol. The average Bonchev–Trinajstić information content (AvgIpc) is 3.60. The Morgan fingerprint density at radius 2 is 1.64 bits per heavy atom. The van der Waals surface area contributed by atoms with E-state index in [1.807, 2.05) is 0 Å². The summed E-state index contributed by atoms with van der Waals surface area (Å²) in [5, 5.41) is 4.97. The van der Waals surface area contributed by atoms with Crippen molar-refractivity contribution in [3.63, 3.8) is 0 Å². The molecule has 0 spiro atoms. The van der Waals surface area contributed by atoms with Gasteiger partial charge in [-0.1, -0.05) is 11.6 Å². The van der Waals surface area contributed by atoms with Crippen molar-refractivity contribution in [1.82, 2.24) is 9.97 Å². The minimum Gasteiger partial charge on any atom is -0.435 e. The maximum absolute atomic E-state index is 14.6. The summed E-state index contributed by atoms with van der Waals surface area (Å²) in [5.41, 5.74) is -0.982. The maximum atomic E-state index is 14.6. The van der Waals surface area contributed by atoms with Crippen LogP contribution in [-0.2, 0) is 9.59 Å². The summed E-state index contributed by atoms with van der Waals surface area (Å²) in [5.74, 6) is -2.92. The average molecular weight is 473 g/mol. The fraction of sp³-hybridized carbons (Fsp3) is 0.136. The number of nitrogens with one attached hydrogen (secondary N) is 2. The second-order valence-electron chi connectivity index (χ2n) is 7.25. The molecule has 1 fully saturated rings. The van der Waals surface area contributed by atoms with E-state index in [-0.39, 0.29) is 28.0 Å². The predicted octanol–water partition coefficient (Wildman–Crippen LogP) is 4.37. The van der Waals surface area contributed by atoms with E-state index in [0.29, 0.717) is 24.8 Å². The van der Waals surface area contributed by atoms with Crippen LogP contribution in [0.5, 0.6) is 11.6 Å². The van der Waals surface area contributed by atoms with Crippen molar-refractivity contribution >= 4 is 41.1 Å². The molecule has 0 radical (unpaired) electrons. The highest BCUT2D eigenvalue weighted by atomic mass is 35.5. The highest BCUT2D eigenvalue weighted by Gasteiger charge is 2.56. The number of rotatable bonds is 7. The summed E-state index contributed by atoms with van der Waals surface area (Å²) in [7, 11) is 0. The van der Waals surface area contributed by atoms with Gasteiger partial charge in [0.2, 0.25) is 17.7 Å². The zero-order valence-electron chi connectivity index (χ0n) is 16.8. The molecule has 3 aromatic rings. The smallest absolute Gasteiger partial charge is 0.240 e. The minimum atomic E-state index is -1.30. The maximum Gasteiger partial charge on any atom is 0.240 e. The van der Waals surface area contributed by atoms with Crippen molar-refractivity contribution < 1.29 is 27.9 Å². The Morgan fingerprint density at radius 3 is 2.24 bits per heavy atom. The first kappa shape index (κ1) is 22.3. The monoisotopic (exact) mass is 472 g/mol. The number of amides is 2. The Bertz CT molecular complexity index is 1250. The number of hydrogen-bond acceptors (Lipinski definition) is 6. The van der Waals surface area contributed by atoms with Gasteiger partial charge in [-0.05, 0) is 49.2 Å². The molecule has 0 atom stereocenters. The molecule has 33 heavy (non-hydrogen) atoms. The highest BCUT2D eigenvalue weighted by Crippen LogP contribution is 2.47. The van der Waals surface area contributed by atoms with Crippen LogP contribution >= 0.6 is 11.6 Å². The van der Waals surface area contributed by atoms with Crippen LogP contribution in [0.1, 0.15) is 23.2 Å². The summed E-state index contributed by atoms with van der Waals surface area (Å²) < 4.78 is 32.9. The van der Waals surface area contributed by atoms with E-state index in [2.05, 4.69) is 20.6 Å². The van der Waals surface area contributed by atoms with Crippen LogP contribution in [0.2, 0.25) is 5.15 Å². The number of aldehydes is 1. The number of hydrogen-bond donors (Lipinski definition) is 2. The lowest BCUT2D eigenvalue weighted by molar-refractivity contribution is -0.131. The first-order valence-electron chi connectivity index (χ1n) is 9.64. The predicted molar refractivity (Wildman–Crippen MR) is 114 cm³/mol. The first-order chi connectivity index (χ1) is 15.8. The third-order valence-corrected chi connectivity index (χ3v) is 5.34. The zero-order chi connectivity index (χ0) is 23.6. The van der Waals surface area contributed by atoms with Gasteiger partial charge >= 0.3 is 0 Å². The number of carbonyl (C=O) groups is 3. The zero-order valence-corrected chi connectivity index (χ0v) is 17.5. The Balaban J connectivity index is 1.45. The van der Waals surface area contributed by atoms with Crippen molar-refractivity contribution in [3.8, 4) is 11.6 Å². The molecule has 0 saturated heterocycles. The van der Waals surface area contributed by atoms with Gasteiger partial charge in [0.15, 0.2) is 17.9 Å². The molecule has 4 rings (SSSR count). The molecule has 8 nitrogen and oxygen atoms in total. The van der Waals surface area contributed by atoms with Crippen LogP contribution in [0.25, 0.3) is 0 Å². The lowest BCUT2D eigenvalue weighted by Crippen LogP contribution is -2.35. The van der Waals surface area contributed by atoms with Crippen LogP contribution in [0, 0.1) is 17.0 Å². The Labute approximate surface area is 191 Å². The van der Waals surface area contributed by atoms with Gasteiger partial charge in [0.05, 0.1) is 0 Å². The van der Waals surface area contributed by atoms with Crippen molar-refractivity contribution in [2.45, 2.75) is 12.8 Å². The topological polar surface area (TPSA) is 110 Å². The van der Waals surface area contributed by atoms with Crippen molar-refractivity contribution in [3.05, 3.63) is 71.1 Å². The Kier molecular flexibility index (Phi) is 6.01. The van der Waals surface area contributed by atoms with Gasteiger partial charge < -0.3 is 15.4 Å². The highest BCUT2D eigenvalue weighted by molar-refractivity contribution is 6.32. The largest absolute Gasteiger partial charge is 0.435 e. The van der Waals surface area contributed by atoms with Crippen molar-refractivity contribution in [2.75, 3.05) is 10.6 Å². The van der Waals surface area contributed by atoms with E-state index in [4.69, 9.17) is 16.3 Å². The van der Waals surface area contributed by atoms with Gasteiger partial charge in [-0.15, -0.1) is 0 Å². The summed E-state index contributed by atoms with van der Waals surface area (Å²) in [6.45, 7) is 0. The molecule has 1 aliphatic rings. The molecule has 2 amide bonds. The van der Waals surface area contributed by atoms with Gasteiger partial charge in [-0.25, -0.2) is 18.7 Å². The van der Waals surface area contributed by atoms with Gasteiger partial charge in [-0.2, -0.15) is 0 Å². The van der Waals surface area contributed by atoms with E-state index >= 15 is 0 Å². The number of aromatic nitrogens is 2. The lowest BCUT2D eigenvalue weighted by atomic mass is 10.0. The molecule has 0 unspecified atom stereocenters. The molecule has 0 bridgehead atoms. The number of benzene rings is 2. The summed E-state index contributed by atoms with van der Waals surface area (Å²) in [4.78, 5) is 43.9. The Morgan fingerprint density at radius 1 is 1.00 bits per heavy atom. The molecule has 1 aliphatic carbocycles. The summed E-state index contributed by atoms with van der Waals surface area (Å²) in [6.07, 6.45) is 2.08. The van der Waals surface area contributed by atoms with Crippen LogP contribution in [0.15, 0.2) is 48.8 Å². The third kappa shape index (κ3) is 4.65. The van der Waals surface area contributed by atoms with Crippen LogP contribution in [0.4, 0.5) is 20.2 Å². The number of ether oxygens (including phenoxy) is 1. The fourth-order valence-corrected chi connectivity index (χ4v) is 3.19. The lowest BCUT2D eigenvalue weighted by Gasteiger charge is -2.16. The minimum absolute atomic E-state index is 0.0991. The van der Waals surface area contributed by atoms with Crippen molar-refractivity contribution in [2.24, 2.45) is 5.41 Å². The number of anilines is 2. The second-order valence-corrected chi connectivity index (χ2v) is 7.60. The molecule has 1 aromatic heterocycles. The molecule has 2 aromatic carbocycles. The molecule has 168 valence electrons. The molecule has 1 heterocycles. The van der Waals surface area contributed by atoms with Gasteiger partial charge in [0.1, 0.15) is 28.3 Å². The standard InChI is InChI=1S/C22H15ClF2N4O4/c23-18-15(10-30)19(27-11-26-18)33-17-6-5-14(9-16(17)25)29-21(32)22(7-8-22)20(31)28-13-3-1-12(24)2-4-13/h1-6,9-11H,7-8H2,(H,28,31)(H,29,32). The van der Waals surface area contributed by atoms with Gasteiger partial charge in [0.25, 0.3) is 0 Å². The summed E-state index contributed by atoms with van der Waals surface area (Å²) >= 11 is 5.80. The number of nitrogens with zero attached hydrogens (tertiary/aromatic N) is 2. The number of carbonyl (C=O) groups excluding carboxylic acids is 3. The van der Waals surface area contributed by atoms with Gasteiger partial charge in [-0.3, -0.25) is 14.4 Å². The molecule has 11 heteroatoms. The van der Waals surface area contributed by atoms with E-state index in [9.17, 15) is 23.2 Å². The molecular formula is C22H15ClF2N4O4. The molecule has 0 aliphatic heterocycles. The van der Waals surface area contributed by atoms with E-state index < -0.39 is 28.9 Å². The van der Waals surface area contributed by atoms with E-state index in [1.54, 1.807) is 0 Å². The summed E-state index contributed by atoms with van der Waals surface area (Å²) in [6, 6.07) is 8.75. The first-order valence-corrected chi connectivity index (χ1v) is 10.0. The number of halogens is 3.